The zero-order chi connectivity index (χ0) is 23.4. The lowest BCUT2D eigenvalue weighted by atomic mass is 10.0. The SMILES string of the molecule is CC(C)NC(=O)CCNC(=O)COc1cccc2c1C(=O)N(C1CCC(=O)NC1=O)C2=O. The van der Waals surface area contributed by atoms with Gasteiger partial charge in [0.25, 0.3) is 17.7 Å². The summed E-state index contributed by atoms with van der Waals surface area (Å²) < 4.78 is 5.46. The molecule has 2 heterocycles. The molecule has 2 aliphatic rings. The first-order chi connectivity index (χ1) is 15.2. The topological polar surface area (TPSA) is 151 Å². The van der Waals surface area contributed by atoms with Crippen molar-refractivity contribution in [1.29, 1.82) is 0 Å². The highest BCUT2D eigenvalue weighted by Gasteiger charge is 2.46. The molecule has 1 aromatic rings. The Kier molecular flexibility index (Phi) is 6.86. The molecule has 32 heavy (non-hydrogen) atoms. The minimum atomic E-state index is -1.09. The summed E-state index contributed by atoms with van der Waals surface area (Å²) in [5.74, 6) is -3.22. The number of hydrogen-bond donors (Lipinski definition) is 3. The van der Waals surface area contributed by atoms with Crippen molar-refractivity contribution in [2.24, 2.45) is 0 Å². The van der Waals surface area contributed by atoms with Gasteiger partial charge in [0.15, 0.2) is 6.61 Å². The predicted molar refractivity (Wildman–Crippen MR) is 110 cm³/mol. The van der Waals surface area contributed by atoms with E-state index in [2.05, 4.69) is 16.0 Å². The number of nitrogens with zero attached hydrogens (tertiary/aromatic N) is 1. The number of carbonyl (C=O) groups excluding carboxylic acids is 6. The second-order valence-electron chi connectivity index (χ2n) is 7.74. The Morgan fingerprint density at radius 2 is 1.91 bits per heavy atom. The van der Waals surface area contributed by atoms with E-state index in [1.54, 1.807) is 0 Å². The molecule has 0 aromatic heterocycles. The average molecular weight is 444 g/mol. The van der Waals surface area contributed by atoms with Gasteiger partial charge in [0, 0.05) is 25.4 Å². The van der Waals surface area contributed by atoms with Gasteiger partial charge in [0.2, 0.25) is 17.7 Å². The molecule has 11 nitrogen and oxygen atoms in total. The molecule has 1 unspecified atom stereocenters. The quantitative estimate of drug-likeness (QED) is 0.457. The van der Waals surface area contributed by atoms with Crippen LogP contribution < -0.4 is 20.7 Å². The van der Waals surface area contributed by atoms with E-state index in [0.717, 1.165) is 4.90 Å². The van der Waals surface area contributed by atoms with Crippen LogP contribution in [0.25, 0.3) is 0 Å². The van der Waals surface area contributed by atoms with Crippen molar-refractivity contribution in [3.05, 3.63) is 29.3 Å². The molecule has 6 amide bonds. The molecule has 0 saturated carbocycles. The number of nitrogens with one attached hydrogen (secondary N) is 3. The summed E-state index contributed by atoms with van der Waals surface area (Å²) in [6.07, 6.45) is 0.167. The van der Waals surface area contributed by atoms with E-state index < -0.39 is 42.2 Å². The van der Waals surface area contributed by atoms with Crippen LogP contribution in [0, 0.1) is 0 Å². The van der Waals surface area contributed by atoms with Crippen LogP contribution in [0.15, 0.2) is 18.2 Å². The fourth-order valence-corrected chi connectivity index (χ4v) is 3.51. The maximum Gasteiger partial charge on any atom is 0.266 e. The van der Waals surface area contributed by atoms with Gasteiger partial charge in [0.05, 0.1) is 11.1 Å². The Morgan fingerprint density at radius 3 is 2.59 bits per heavy atom. The Labute approximate surface area is 183 Å². The summed E-state index contributed by atoms with van der Waals surface area (Å²) >= 11 is 0. The fourth-order valence-electron chi connectivity index (χ4n) is 3.51. The van der Waals surface area contributed by atoms with E-state index in [-0.39, 0.29) is 54.6 Å². The predicted octanol–water partition coefficient (Wildman–Crippen LogP) is -0.502. The number of rotatable bonds is 8. The zero-order valence-electron chi connectivity index (χ0n) is 17.7. The number of hydrogen-bond acceptors (Lipinski definition) is 7. The third-order valence-corrected chi connectivity index (χ3v) is 4.91. The lowest BCUT2D eigenvalue weighted by Gasteiger charge is -2.27. The second-order valence-corrected chi connectivity index (χ2v) is 7.74. The number of imide groups is 2. The summed E-state index contributed by atoms with van der Waals surface area (Å²) in [6.45, 7) is 3.35. The molecule has 11 heteroatoms. The summed E-state index contributed by atoms with van der Waals surface area (Å²) in [5, 5.41) is 7.38. The molecule has 3 N–H and O–H groups in total. The van der Waals surface area contributed by atoms with E-state index in [4.69, 9.17) is 4.74 Å². The fraction of sp³-hybridized carbons (Fsp3) is 0.429. The Morgan fingerprint density at radius 1 is 1.16 bits per heavy atom. The van der Waals surface area contributed by atoms with Crippen LogP contribution in [0.1, 0.15) is 53.8 Å². The third-order valence-electron chi connectivity index (χ3n) is 4.91. The monoisotopic (exact) mass is 444 g/mol. The highest BCUT2D eigenvalue weighted by molar-refractivity contribution is 6.24. The first-order valence-electron chi connectivity index (χ1n) is 10.2. The highest BCUT2D eigenvalue weighted by Crippen LogP contribution is 2.33. The van der Waals surface area contributed by atoms with Gasteiger partial charge in [-0.2, -0.15) is 0 Å². The Balaban J connectivity index is 1.62. The average Bonchev–Trinajstić information content (AvgIpc) is 2.97. The van der Waals surface area contributed by atoms with Gasteiger partial charge < -0.3 is 15.4 Å². The van der Waals surface area contributed by atoms with Crippen LogP contribution in [-0.4, -0.2) is 65.6 Å². The maximum absolute atomic E-state index is 12.9. The summed E-state index contributed by atoms with van der Waals surface area (Å²) in [4.78, 5) is 73.7. The van der Waals surface area contributed by atoms with E-state index >= 15 is 0 Å². The Hall–Kier alpha value is -3.76. The maximum atomic E-state index is 12.9. The standard InChI is InChI=1S/C21H24N4O7/c1-11(2)23-16(27)8-9-22-17(28)10-32-14-5-3-4-12-18(14)21(31)25(20(12)30)13-6-7-15(26)24-19(13)29/h3-5,11,13H,6-10H2,1-2H3,(H,22,28)(H,23,27)(H,24,26,29). The zero-order valence-corrected chi connectivity index (χ0v) is 17.7. The molecule has 170 valence electrons. The largest absolute Gasteiger partial charge is 0.483 e. The van der Waals surface area contributed by atoms with Gasteiger partial charge in [-0.05, 0) is 32.4 Å². The normalized spacial score (nSPS) is 17.8. The van der Waals surface area contributed by atoms with Crippen LogP contribution in [0.4, 0.5) is 0 Å². The number of fused-ring (bicyclic) bond motifs is 1. The van der Waals surface area contributed by atoms with Gasteiger partial charge in [-0.15, -0.1) is 0 Å². The van der Waals surface area contributed by atoms with Gasteiger partial charge in [-0.1, -0.05) is 6.07 Å². The van der Waals surface area contributed by atoms with Crippen molar-refractivity contribution in [3.8, 4) is 5.75 Å². The Bertz CT molecular complexity index is 988. The van der Waals surface area contributed by atoms with Crippen molar-refractivity contribution in [2.45, 2.75) is 45.2 Å². The molecule has 0 spiro atoms. The number of benzene rings is 1. The molecule has 2 aliphatic heterocycles. The molecule has 1 aromatic carbocycles. The molecule has 0 bridgehead atoms. The minimum Gasteiger partial charge on any atom is -0.483 e. The van der Waals surface area contributed by atoms with Crippen molar-refractivity contribution in [1.82, 2.24) is 20.9 Å². The van der Waals surface area contributed by atoms with E-state index in [0.29, 0.717) is 0 Å². The molecule has 1 saturated heterocycles. The van der Waals surface area contributed by atoms with E-state index in [1.165, 1.54) is 18.2 Å². The first-order valence-corrected chi connectivity index (χ1v) is 10.2. The summed E-state index contributed by atoms with van der Waals surface area (Å²) in [7, 11) is 0. The summed E-state index contributed by atoms with van der Waals surface area (Å²) in [6, 6.07) is 3.29. The molecule has 0 aliphatic carbocycles. The van der Waals surface area contributed by atoms with Gasteiger partial charge in [0.1, 0.15) is 11.8 Å². The lowest BCUT2D eigenvalue weighted by molar-refractivity contribution is -0.136. The number of amides is 6. The van der Waals surface area contributed by atoms with Gasteiger partial charge in [-0.25, -0.2) is 0 Å². The van der Waals surface area contributed by atoms with Crippen LogP contribution in [0.2, 0.25) is 0 Å². The van der Waals surface area contributed by atoms with Gasteiger partial charge >= 0.3 is 0 Å². The van der Waals surface area contributed by atoms with E-state index in [1.807, 2.05) is 13.8 Å². The number of carbonyl (C=O) groups is 6. The smallest absolute Gasteiger partial charge is 0.266 e. The van der Waals surface area contributed by atoms with Crippen molar-refractivity contribution >= 4 is 35.4 Å². The van der Waals surface area contributed by atoms with Crippen LogP contribution >= 0.6 is 0 Å². The number of ether oxygens (including phenoxy) is 1. The minimum absolute atomic E-state index is 0.00157. The van der Waals surface area contributed by atoms with Crippen molar-refractivity contribution in [2.75, 3.05) is 13.2 Å². The third kappa shape index (κ3) is 4.93. The molecule has 1 atom stereocenters. The van der Waals surface area contributed by atoms with Crippen molar-refractivity contribution < 1.29 is 33.5 Å². The second kappa shape index (κ2) is 9.58. The van der Waals surface area contributed by atoms with Crippen molar-refractivity contribution in [3.63, 3.8) is 0 Å². The van der Waals surface area contributed by atoms with Crippen LogP contribution in [-0.2, 0) is 19.2 Å². The first kappa shape index (κ1) is 22.9. The molecular formula is C21H24N4O7. The lowest BCUT2D eigenvalue weighted by Crippen LogP contribution is -2.54. The number of piperidine rings is 1. The van der Waals surface area contributed by atoms with Gasteiger partial charge in [-0.3, -0.25) is 39.0 Å². The molecule has 3 rings (SSSR count). The van der Waals surface area contributed by atoms with Crippen LogP contribution in [0.5, 0.6) is 5.75 Å². The highest BCUT2D eigenvalue weighted by atomic mass is 16.5. The molecular weight excluding hydrogens is 420 g/mol. The molecule has 0 radical (unpaired) electrons. The summed E-state index contributed by atoms with van der Waals surface area (Å²) in [5.41, 5.74) is 0.0225. The molecule has 1 fully saturated rings. The van der Waals surface area contributed by atoms with E-state index in [9.17, 15) is 28.8 Å². The van der Waals surface area contributed by atoms with Crippen LogP contribution in [0.3, 0.4) is 0 Å².